The van der Waals surface area contributed by atoms with Gasteiger partial charge in [0.2, 0.25) is 0 Å². The highest BCUT2D eigenvalue weighted by Gasteiger charge is 2.25. The highest BCUT2D eigenvalue weighted by molar-refractivity contribution is 7.92. The molecule has 52 heavy (non-hydrogen) atoms. The summed E-state index contributed by atoms with van der Waals surface area (Å²) < 4.78 is 185. The van der Waals surface area contributed by atoms with E-state index in [1.165, 1.54) is 0 Å². The lowest BCUT2D eigenvalue weighted by Crippen LogP contribution is -2.16. The molecule has 286 valence electrons. The standard InChI is InChI=1S/C22H22N4O20S6/c27-19-12-20(28)18(26-24-16-4-2-14(10-22(16)50(36,37)38)48(31,32)8-6-46-52(42,43)44)11-17(19)25-23-15-3-1-13(9-21(15)49(33,34)35)47(29,30)7-5-45-51(39,40)41/h1-4,9-12,27-28H,5-8H2,(H,33,34,35)(H,36,37,38)(H,39,40,41)(H,42,43,44)/b25-23+,26-24+. The third-order valence-electron chi connectivity index (χ3n) is 5.91. The smallest absolute Gasteiger partial charge is 0.397 e. The van der Waals surface area contributed by atoms with Crippen molar-refractivity contribution in [2.75, 3.05) is 24.7 Å². The number of hydrogen-bond donors (Lipinski definition) is 6. The molecule has 30 heteroatoms. The number of phenols is 2. The number of azo groups is 2. The van der Waals surface area contributed by atoms with Gasteiger partial charge < -0.3 is 10.2 Å². The molecule has 0 amide bonds. The summed E-state index contributed by atoms with van der Waals surface area (Å²) in [6.45, 7) is -2.13. The van der Waals surface area contributed by atoms with Crippen LogP contribution in [0.5, 0.6) is 11.5 Å². The number of aromatic hydroxyl groups is 2. The van der Waals surface area contributed by atoms with Crippen LogP contribution < -0.4 is 0 Å². The maximum Gasteiger partial charge on any atom is 0.397 e. The van der Waals surface area contributed by atoms with E-state index >= 15 is 0 Å². The molecule has 0 unspecified atom stereocenters. The van der Waals surface area contributed by atoms with E-state index in [2.05, 4.69) is 28.8 Å². The van der Waals surface area contributed by atoms with Gasteiger partial charge in [-0.15, -0.1) is 20.5 Å². The fourth-order valence-electron chi connectivity index (χ4n) is 3.62. The van der Waals surface area contributed by atoms with Crippen molar-refractivity contribution in [2.45, 2.75) is 19.6 Å². The molecule has 0 aliphatic heterocycles. The summed E-state index contributed by atoms with van der Waals surface area (Å²) >= 11 is 0. The molecule has 0 atom stereocenters. The predicted octanol–water partition coefficient (Wildman–Crippen LogP) is 1.61. The van der Waals surface area contributed by atoms with Gasteiger partial charge in [0.25, 0.3) is 20.2 Å². The van der Waals surface area contributed by atoms with Gasteiger partial charge in [-0.2, -0.15) is 33.7 Å². The van der Waals surface area contributed by atoms with Crippen LogP contribution in [0.3, 0.4) is 0 Å². The largest absolute Gasteiger partial charge is 0.505 e. The zero-order valence-electron chi connectivity index (χ0n) is 25.1. The van der Waals surface area contributed by atoms with Crippen LogP contribution in [-0.2, 0) is 69.1 Å². The number of benzene rings is 3. The van der Waals surface area contributed by atoms with E-state index in [-0.39, 0.29) is 0 Å². The van der Waals surface area contributed by atoms with Gasteiger partial charge in [0.15, 0.2) is 19.7 Å². The first-order valence-corrected chi connectivity index (χ1v) is 21.8. The second kappa shape index (κ2) is 15.5. The van der Waals surface area contributed by atoms with E-state index in [0.29, 0.717) is 18.2 Å². The lowest BCUT2D eigenvalue weighted by Gasteiger charge is -2.08. The number of hydrogen-bond acceptors (Lipinski definition) is 20. The molecule has 3 aromatic rings. The van der Waals surface area contributed by atoms with Crippen molar-refractivity contribution in [3.8, 4) is 11.5 Å². The minimum absolute atomic E-state index is 0.430. The second-order valence-corrected chi connectivity index (χ2v) is 18.8. The van der Waals surface area contributed by atoms with Crippen LogP contribution in [0.15, 0.2) is 88.6 Å². The van der Waals surface area contributed by atoms with Crippen LogP contribution in [0.4, 0.5) is 22.7 Å². The highest BCUT2D eigenvalue weighted by atomic mass is 32.3. The SMILES string of the molecule is O=S(=O)(O)OCCS(=O)(=O)c1ccc(/N=N/c2cc(/N=N/c3ccc(S(=O)(=O)CCOS(=O)(=O)O)cc3S(=O)(=O)O)c(O)cc2O)c(S(=O)(=O)O)c1. The van der Waals surface area contributed by atoms with Crippen LogP contribution in [0.25, 0.3) is 0 Å². The van der Waals surface area contributed by atoms with Gasteiger partial charge >= 0.3 is 20.8 Å². The molecule has 0 aliphatic carbocycles. The first-order valence-electron chi connectivity index (χ1n) is 12.9. The number of phenolic OH excluding ortho intramolecular Hbond substituents is 2. The Bertz CT molecular complexity index is 2450. The minimum atomic E-state index is -5.24. The third-order valence-corrected chi connectivity index (χ3v) is 12.0. The fourth-order valence-corrected chi connectivity index (χ4v) is 8.09. The van der Waals surface area contributed by atoms with Gasteiger partial charge in [-0.05, 0) is 36.4 Å². The molecule has 0 bridgehead atoms. The molecular formula is C22H22N4O20S6. The molecule has 0 saturated heterocycles. The van der Waals surface area contributed by atoms with Gasteiger partial charge in [0, 0.05) is 12.1 Å². The average Bonchev–Trinajstić information content (AvgIpc) is 2.97. The monoisotopic (exact) mass is 854 g/mol. The van der Waals surface area contributed by atoms with Crippen LogP contribution >= 0.6 is 0 Å². The molecule has 24 nitrogen and oxygen atoms in total. The summed E-state index contributed by atoms with van der Waals surface area (Å²) in [6, 6.07) is 5.26. The Morgan fingerprint density at radius 3 is 1.10 bits per heavy atom. The normalized spacial score (nSPS) is 13.6. The van der Waals surface area contributed by atoms with E-state index in [1.807, 2.05) is 0 Å². The Hall–Kier alpha value is -4.08. The Morgan fingerprint density at radius 2 is 0.788 bits per heavy atom. The molecular weight excluding hydrogens is 833 g/mol. The van der Waals surface area contributed by atoms with Crippen LogP contribution in [0.2, 0.25) is 0 Å². The van der Waals surface area contributed by atoms with E-state index in [9.17, 15) is 69.8 Å². The van der Waals surface area contributed by atoms with E-state index in [0.717, 1.165) is 30.3 Å². The second-order valence-electron chi connectivity index (χ2n) is 9.58. The molecule has 0 saturated carbocycles. The van der Waals surface area contributed by atoms with E-state index in [4.69, 9.17) is 9.11 Å². The lowest BCUT2D eigenvalue weighted by molar-refractivity contribution is 0.282. The van der Waals surface area contributed by atoms with Crippen molar-refractivity contribution in [1.82, 2.24) is 0 Å². The Kier molecular flexibility index (Phi) is 12.6. The Labute approximate surface area is 294 Å². The van der Waals surface area contributed by atoms with Crippen molar-refractivity contribution in [3.05, 3.63) is 48.5 Å². The van der Waals surface area contributed by atoms with Gasteiger partial charge in [0.05, 0.1) is 34.5 Å². The molecule has 0 spiro atoms. The van der Waals surface area contributed by atoms with Crippen molar-refractivity contribution in [2.24, 2.45) is 20.5 Å². The fraction of sp³-hybridized carbons (Fsp3) is 0.182. The van der Waals surface area contributed by atoms with Gasteiger partial charge in [0.1, 0.15) is 44.0 Å². The summed E-state index contributed by atoms with van der Waals surface area (Å²) in [7, 11) is -29.4. The molecule has 3 aromatic carbocycles. The lowest BCUT2D eigenvalue weighted by atomic mass is 10.2. The maximum absolute atomic E-state index is 12.5. The quantitative estimate of drug-likeness (QED) is 0.0880. The van der Waals surface area contributed by atoms with Crippen LogP contribution in [0.1, 0.15) is 0 Å². The average molecular weight is 855 g/mol. The highest BCUT2D eigenvalue weighted by Crippen LogP contribution is 2.41. The zero-order valence-corrected chi connectivity index (χ0v) is 30.0. The molecule has 0 heterocycles. The van der Waals surface area contributed by atoms with Crippen molar-refractivity contribution in [1.29, 1.82) is 0 Å². The molecule has 6 N–H and O–H groups in total. The third kappa shape index (κ3) is 12.0. The van der Waals surface area contributed by atoms with Gasteiger partial charge in [-0.25, -0.2) is 25.2 Å². The summed E-state index contributed by atoms with van der Waals surface area (Å²) in [6.07, 6.45) is 0. The van der Waals surface area contributed by atoms with Crippen molar-refractivity contribution >= 4 is 83.5 Å². The van der Waals surface area contributed by atoms with Crippen molar-refractivity contribution < 1.29 is 87.3 Å². The van der Waals surface area contributed by atoms with Gasteiger partial charge in [-0.3, -0.25) is 18.2 Å². The Morgan fingerprint density at radius 1 is 0.462 bits per heavy atom. The van der Waals surface area contributed by atoms with Gasteiger partial charge in [-0.1, -0.05) is 0 Å². The first kappa shape index (κ1) is 42.3. The summed E-state index contributed by atoms with van der Waals surface area (Å²) in [4.78, 5) is -3.82. The number of rotatable bonds is 16. The van der Waals surface area contributed by atoms with Crippen LogP contribution in [0, 0.1) is 0 Å². The molecule has 3 rings (SSSR count). The first-order chi connectivity index (χ1) is 23.6. The Balaban J connectivity index is 1.99. The predicted molar refractivity (Wildman–Crippen MR) is 170 cm³/mol. The van der Waals surface area contributed by atoms with E-state index < -0.39 is 139 Å². The summed E-state index contributed by atoms with van der Waals surface area (Å²) in [5, 5.41) is 34.7. The zero-order chi connectivity index (χ0) is 39.5. The molecule has 0 fully saturated rings. The molecule has 0 radical (unpaired) electrons. The number of nitrogens with zero attached hydrogens (tertiary/aromatic N) is 4. The van der Waals surface area contributed by atoms with E-state index in [1.54, 1.807) is 0 Å². The summed E-state index contributed by atoms with van der Waals surface area (Å²) in [5.74, 6) is -3.81. The summed E-state index contributed by atoms with van der Waals surface area (Å²) in [5.41, 5.74) is -2.64. The minimum Gasteiger partial charge on any atom is -0.505 e. The maximum atomic E-state index is 12.5. The number of sulfone groups is 2. The molecule has 0 aromatic heterocycles. The molecule has 0 aliphatic rings. The van der Waals surface area contributed by atoms with Crippen molar-refractivity contribution in [3.63, 3.8) is 0 Å². The topological polar surface area (TPSA) is 394 Å². The van der Waals surface area contributed by atoms with Crippen LogP contribution in [-0.4, -0.2) is 104 Å².